The van der Waals surface area contributed by atoms with Crippen LogP contribution in [0.2, 0.25) is 0 Å². The van der Waals surface area contributed by atoms with E-state index in [0.29, 0.717) is 13.2 Å². The minimum Gasteiger partial charge on any atom is -0.377 e. The van der Waals surface area contributed by atoms with Gasteiger partial charge in [0.15, 0.2) is 0 Å². The Labute approximate surface area is 164 Å². The summed E-state index contributed by atoms with van der Waals surface area (Å²) in [6, 6.07) is 18.7. The molecule has 0 unspecified atom stereocenters. The van der Waals surface area contributed by atoms with Crippen LogP contribution >= 0.6 is 0 Å². The Hall–Kier alpha value is -3.38. The molecule has 0 fully saturated rings. The van der Waals surface area contributed by atoms with E-state index in [1.165, 1.54) is 11.9 Å². The third kappa shape index (κ3) is 3.97. The summed E-state index contributed by atoms with van der Waals surface area (Å²) >= 11 is 0. The van der Waals surface area contributed by atoms with Gasteiger partial charge in [0.2, 0.25) is 0 Å². The second kappa shape index (κ2) is 8.10. The van der Waals surface area contributed by atoms with Crippen molar-refractivity contribution in [1.82, 2.24) is 19.7 Å². The first-order chi connectivity index (χ1) is 13.7. The fraction of sp³-hybridized carbons (Fsp3) is 0.182. The molecule has 0 aliphatic heterocycles. The summed E-state index contributed by atoms with van der Waals surface area (Å²) in [4.78, 5) is 7.43. The van der Waals surface area contributed by atoms with Crippen molar-refractivity contribution < 1.29 is 4.74 Å². The molecular weight excluding hydrogens is 350 g/mol. The molecule has 0 bridgehead atoms. The molecule has 4 rings (SSSR count). The number of aromatic amines is 1. The average Bonchev–Trinajstić information content (AvgIpc) is 3.41. The maximum atomic E-state index is 5.52. The van der Waals surface area contributed by atoms with Crippen LogP contribution in [0.1, 0.15) is 18.1 Å². The first kappa shape index (κ1) is 18.0. The van der Waals surface area contributed by atoms with Crippen LogP contribution in [-0.4, -0.2) is 26.4 Å². The summed E-state index contributed by atoms with van der Waals surface area (Å²) in [5.74, 6) is 0.951. The van der Waals surface area contributed by atoms with Crippen LogP contribution in [0, 0.1) is 6.92 Å². The van der Waals surface area contributed by atoms with Crippen molar-refractivity contribution >= 4 is 11.5 Å². The van der Waals surface area contributed by atoms with E-state index in [9.17, 15) is 0 Å². The van der Waals surface area contributed by atoms with Gasteiger partial charge in [0.25, 0.3) is 0 Å². The van der Waals surface area contributed by atoms with Crippen LogP contribution < -0.4 is 5.32 Å². The summed E-state index contributed by atoms with van der Waals surface area (Å²) in [5, 5.41) is 7.63. The number of benzene rings is 2. The first-order valence-electron chi connectivity index (χ1n) is 9.31. The highest BCUT2D eigenvalue weighted by molar-refractivity contribution is 5.68. The summed E-state index contributed by atoms with van der Waals surface area (Å²) in [7, 11) is 0. The second-order valence-corrected chi connectivity index (χ2v) is 6.58. The van der Waals surface area contributed by atoms with Crippen LogP contribution in [0.25, 0.3) is 16.9 Å². The summed E-state index contributed by atoms with van der Waals surface area (Å²) in [6.45, 7) is 5.44. The fourth-order valence-corrected chi connectivity index (χ4v) is 3.03. The molecule has 0 aliphatic carbocycles. The Kier molecular flexibility index (Phi) is 5.21. The van der Waals surface area contributed by atoms with Crippen molar-refractivity contribution in [1.29, 1.82) is 0 Å². The first-order valence-corrected chi connectivity index (χ1v) is 9.31. The quantitative estimate of drug-likeness (QED) is 0.486. The van der Waals surface area contributed by atoms with Gasteiger partial charge in [-0.2, -0.15) is 5.10 Å². The standard InChI is InChI=1S/C22H23N5O/c1-3-28-13-17-5-4-16(2)21(12-17)26-22-11-10-20(25-22)18-6-8-19(9-7-18)27-15-23-14-24-27/h4-12,14-15,25-26H,3,13H2,1-2H3. The molecule has 2 aromatic carbocycles. The van der Waals surface area contributed by atoms with E-state index >= 15 is 0 Å². The van der Waals surface area contributed by atoms with Gasteiger partial charge in [0, 0.05) is 18.0 Å². The number of nitrogens with zero attached hydrogens (tertiary/aromatic N) is 3. The maximum absolute atomic E-state index is 5.52. The fourth-order valence-electron chi connectivity index (χ4n) is 3.03. The molecule has 6 nitrogen and oxygen atoms in total. The number of aromatic nitrogens is 4. The van der Waals surface area contributed by atoms with Crippen LogP contribution in [-0.2, 0) is 11.3 Å². The van der Waals surface area contributed by atoms with Crippen LogP contribution in [0.5, 0.6) is 0 Å². The zero-order valence-corrected chi connectivity index (χ0v) is 16.0. The number of rotatable bonds is 7. The molecule has 4 aromatic rings. The number of nitrogens with one attached hydrogen (secondary N) is 2. The van der Waals surface area contributed by atoms with Crippen molar-refractivity contribution in [3.8, 4) is 16.9 Å². The van der Waals surface area contributed by atoms with Crippen molar-refractivity contribution in [2.24, 2.45) is 0 Å². The number of anilines is 2. The molecule has 28 heavy (non-hydrogen) atoms. The smallest absolute Gasteiger partial charge is 0.138 e. The van der Waals surface area contributed by atoms with Crippen molar-refractivity contribution in [3.63, 3.8) is 0 Å². The van der Waals surface area contributed by atoms with E-state index in [4.69, 9.17) is 4.74 Å². The molecule has 142 valence electrons. The topological polar surface area (TPSA) is 67.8 Å². The molecule has 6 heteroatoms. The molecule has 2 heterocycles. The van der Waals surface area contributed by atoms with Crippen LogP contribution in [0.3, 0.4) is 0 Å². The predicted octanol–water partition coefficient (Wildman–Crippen LogP) is 4.85. The van der Waals surface area contributed by atoms with Gasteiger partial charge < -0.3 is 15.0 Å². The van der Waals surface area contributed by atoms with Crippen LogP contribution in [0.15, 0.2) is 67.3 Å². The van der Waals surface area contributed by atoms with E-state index in [-0.39, 0.29) is 0 Å². The lowest BCUT2D eigenvalue weighted by Crippen LogP contribution is -1.97. The Morgan fingerprint density at radius 3 is 2.68 bits per heavy atom. The molecular formula is C22H23N5O. The van der Waals surface area contributed by atoms with Gasteiger partial charge in [0.05, 0.1) is 12.3 Å². The Morgan fingerprint density at radius 2 is 1.93 bits per heavy atom. The van der Waals surface area contributed by atoms with Crippen LogP contribution in [0.4, 0.5) is 11.5 Å². The minimum absolute atomic E-state index is 0.625. The highest BCUT2D eigenvalue weighted by Gasteiger charge is 2.06. The molecule has 0 atom stereocenters. The number of aryl methyl sites for hydroxylation is 1. The summed E-state index contributed by atoms with van der Waals surface area (Å²) in [5.41, 5.74) is 6.56. The molecule has 0 saturated carbocycles. The lowest BCUT2D eigenvalue weighted by Gasteiger charge is -2.11. The zero-order valence-electron chi connectivity index (χ0n) is 16.0. The largest absolute Gasteiger partial charge is 0.377 e. The van der Waals surface area contributed by atoms with E-state index < -0.39 is 0 Å². The van der Waals surface area contributed by atoms with Gasteiger partial charge >= 0.3 is 0 Å². The predicted molar refractivity (Wildman–Crippen MR) is 111 cm³/mol. The van der Waals surface area contributed by atoms with Gasteiger partial charge in [-0.05, 0) is 60.9 Å². The molecule has 0 amide bonds. The van der Waals surface area contributed by atoms with Gasteiger partial charge in [-0.25, -0.2) is 9.67 Å². The SMILES string of the molecule is CCOCc1ccc(C)c(Nc2ccc(-c3ccc(-n4cncn4)cc3)[nH]2)c1. The van der Waals surface area contributed by atoms with E-state index in [0.717, 1.165) is 34.0 Å². The third-order valence-electron chi connectivity index (χ3n) is 4.59. The molecule has 2 aromatic heterocycles. The van der Waals surface area contributed by atoms with E-state index in [2.05, 4.69) is 69.8 Å². The molecule has 2 N–H and O–H groups in total. The van der Waals surface area contributed by atoms with Gasteiger partial charge in [-0.15, -0.1) is 0 Å². The highest BCUT2D eigenvalue weighted by Crippen LogP contribution is 2.26. The number of ether oxygens (including phenoxy) is 1. The monoisotopic (exact) mass is 373 g/mol. The van der Waals surface area contributed by atoms with E-state index in [1.54, 1.807) is 11.0 Å². The summed E-state index contributed by atoms with van der Waals surface area (Å²) < 4.78 is 7.26. The van der Waals surface area contributed by atoms with Crippen molar-refractivity contribution in [2.75, 3.05) is 11.9 Å². The Balaban J connectivity index is 1.50. The van der Waals surface area contributed by atoms with Crippen molar-refractivity contribution in [3.05, 3.63) is 78.4 Å². The maximum Gasteiger partial charge on any atom is 0.138 e. The lowest BCUT2D eigenvalue weighted by molar-refractivity contribution is 0.134. The summed E-state index contributed by atoms with van der Waals surface area (Å²) in [6.07, 6.45) is 3.22. The second-order valence-electron chi connectivity index (χ2n) is 6.58. The van der Waals surface area contributed by atoms with E-state index in [1.807, 2.05) is 19.1 Å². The Bertz CT molecular complexity index is 1040. The average molecular weight is 373 g/mol. The van der Waals surface area contributed by atoms with Gasteiger partial charge in [-0.1, -0.05) is 24.3 Å². The number of hydrogen-bond acceptors (Lipinski definition) is 4. The lowest BCUT2D eigenvalue weighted by atomic mass is 10.1. The Morgan fingerprint density at radius 1 is 1.07 bits per heavy atom. The number of H-pyrrole nitrogens is 1. The molecule has 0 aliphatic rings. The highest BCUT2D eigenvalue weighted by atomic mass is 16.5. The van der Waals surface area contributed by atoms with Gasteiger partial charge in [0.1, 0.15) is 18.5 Å². The zero-order chi connectivity index (χ0) is 19.3. The minimum atomic E-state index is 0.625. The molecule has 0 saturated heterocycles. The number of hydrogen-bond donors (Lipinski definition) is 2. The normalized spacial score (nSPS) is 10.9. The van der Waals surface area contributed by atoms with Gasteiger partial charge in [-0.3, -0.25) is 0 Å². The van der Waals surface area contributed by atoms with Crippen molar-refractivity contribution in [2.45, 2.75) is 20.5 Å². The molecule has 0 spiro atoms. The third-order valence-corrected chi connectivity index (χ3v) is 4.59. The molecule has 0 radical (unpaired) electrons.